The summed E-state index contributed by atoms with van der Waals surface area (Å²) in [6.45, 7) is 19.1. The Morgan fingerprint density at radius 3 is 1.94 bits per heavy atom. The van der Waals surface area contributed by atoms with Crippen LogP contribution < -0.4 is 10.6 Å². The van der Waals surface area contributed by atoms with Gasteiger partial charge < -0.3 is 20.1 Å². The van der Waals surface area contributed by atoms with E-state index in [-0.39, 0.29) is 41.3 Å². The average Bonchev–Trinajstić information content (AvgIpc) is 3.50. The Morgan fingerprint density at radius 1 is 0.938 bits per heavy atom. The van der Waals surface area contributed by atoms with Gasteiger partial charge in [-0.2, -0.15) is 0 Å². The number of nitrogens with one attached hydrogen (secondary N) is 2. The summed E-state index contributed by atoms with van der Waals surface area (Å²) in [6, 6.07) is 1.21. The van der Waals surface area contributed by atoms with Crippen molar-refractivity contribution in [2.75, 3.05) is 32.7 Å². The summed E-state index contributed by atoms with van der Waals surface area (Å²) >= 11 is 0. The minimum Gasteiger partial charge on any atom is -0.445 e. The fourth-order valence-corrected chi connectivity index (χ4v) is 5.59. The van der Waals surface area contributed by atoms with Crippen molar-refractivity contribution < 1.29 is 19.1 Å². The van der Waals surface area contributed by atoms with Gasteiger partial charge in [-0.1, -0.05) is 20.8 Å². The normalized spacial score (nSPS) is 37.0. The fourth-order valence-electron chi connectivity index (χ4n) is 5.59. The van der Waals surface area contributed by atoms with E-state index in [0.29, 0.717) is 18.6 Å². The van der Waals surface area contributed by atoms with E-state index in [1.165, 1.54) is 0 Å². The molecule has 2 aliphatic heterocycles. The summed E-state index contributed by atoms with van der Waals surface area (Å²) in [5.41, 5.74) is -0.0722. The molecule has 1 aliphatic carbocycles. The minimum absolute atomic E-state index is 0.0181. The van der Waals surface area contributed by atoms with Gasteiger partial charge in [-0.25, -0.2) is 9.59 Å². The SMILES string of the molecule is CC(CN1CC1C)OC(=O)NCC1(C)CC(NC(=O)OC(C)CN2CC2C)CC(C)(C)C1. The molecule has 8 unspecified atom stereocenters. The Hall–Kier alpha value is -1.54. The van der Waals surface area contributed by atoms with Crippen molar-refractivity contribution in [1.29, 1.82) is 0 Å². The summed E-state index contributed by atoms with van der Waals surface area (Å²) in [5, 5.41) is 6.06. The zero-order chi connectivity index (χ0) is 23.7. The number of amides is 2. The maximum atomic E-state index is 12.5. The van der Waals surface area contributed by atoms with Crippen molar-refractivity contribution in [3.63, 3.8) is 0 Å². The molecule has 0 aromatic heterocycles. The van der Waals surface area contributed by atoms with Gasteiger partial charge in [0.1, 0.15) is 12.2 Å². The van der Waals surface area contributed by atoms with Crippen LogP contribution in [0.4, 0.5) is 9.59 Å². The second-order valence-electron chi connectivity index (χ2n) is 11.8. The largest absolute Gasteiger partial charge is 0.445 e. The van der Waals surface area contributed by atoms with Crippen LogP contribution in [0, 0.1) is 10.8 Å². The lowest BCUT2D eigenvalue weighted by molar-refractivity contribution is 0.0510. The minimum atomic E-state index is -0.362. The van der Waals surface area contributed by atoms with Crippen molar-refractivity contribution in [2.24, 2.45) is 10.8 Å². The van der Waals surface area contributed by atoms with E-state index in [1.54, 1.807) is 0 Å². The van der Waals surface area contributed by atoms with E-state index in [4.69, 9.17) is 9.47 Å². The third-order valence-corrected chi connectivity index (χ3v) is 7.00. The van der Waals surface area contributed by atoms with Gasteiger partial charge in [0.15, 0.2) is 0 Å². The highest BCUT2D eigenvalue weighted by molar-refractivity contribution is 5.68. The molecule has 0 aromatic rings. The topological polar surface area (TPSA) is 82.7 Å². The number of rotatable bonds is 9. The lowest BCUT2D eigenvalue weighted by Gasteiger charge is -2.46. The van der Waals surface area contributed by atoms with Crippen LogP contribution >= 0.6 is 0 Å². The van der Waals surface area contributed by atoms with E-state index in [9.17, 15) is 9.59 Å². The Bertz CT molecular complexity index is 687. The van der Waals surface area contributed by atoms with E-state index < -0.39 is 0 Å². The average molecular weight is 453 g/mol. The third-order valence-electron chi connectivity index (χ3n) is 7.00. The first kappa shape index (κ1) is 25.1. The van der Waals surface area contributed by atoms with Crippen LogP contribution in [0.25, 0.3) is 0 Å². The molecule has 2 amide bonds. The lowest BCUT2D eigenvalue weighted by Crippen LogP contribution is -2.51. The van der Waals surface area contributed by atoms with Crippen LogP contribution in [0.1, 0.15) is 67.7 Å². The molecule has 3 aliphatic rings. The summed E-state index contributed by atoms with van der Waals surface area (Å²) < 4.78 is 11.1. The van der Waals surface area contributed by atoms with Gasteiger partial charge in [0.25, 0.3) is 0 Å². The van der Waals surface area contributed by atoms with Gasteiger partial charge in [-0.15, -0.1) is 0 Å². The maximum Gasteiger partial charge on any atom is 0.407 e. The first-order chi connectivity index (χ1) is 14.8. The predicted molar refractivity (Wildman–Crippen MR) is 125 cm³/mol. The number of alkyl carbamates (subject to hydrolysis) is 2. The van der Waals surface area contributed by atoms with Gasteiger partial charge in [0, 0.05) is 50.8 Å². The molecule has 32 heavy (non-hydrogen) atoms. The first-order valence-corrected chi connectivity index (χ1v) is 12.2. The molecule has 0 aromatic carbocycles. The highest BCUT2D eigenvalue weighted by atomic mass is 16.6. The van der Waals surface area contributed by atoms with Crippen LogP contribution in [0.2, 0.25) is 0 Å². The number of nitrogens with zero attached hydrogens (tertiary/aromatic N) is 2. The fraction of sp³-hybridized carbons (Fsp3) is 0.917. The molecular formula is C24H44N4O4. The van der Waals surface area contributed by atoms with E-state index in [0.717, 1.165) is 45.4 Å². The number of carbonyl (C=O) groups excluding carboxylic acids is 2. The first-order valence-electron chi connectivity index (χ1n) is 12.2. The second kappa shape index (κ2) is 9.75. The number of carbonyl (C=O) groups is 2. The van der Waals surface area contributed by atoms with Crippen molar-refractivity contribution in [3.05, 3.63) is 0 Å². The molecule has 0 radical (unpaired) electrons. The van der Waals surface area contributed by atoms with Crippen molar-refractivity contribution in [3.8, 4) is 0 Å². The van der Waals surface area contributed by atoms with Gasteiger partial charge in [-0.05, 0) is 57.8 Å². The summed E-state index contributed by atoms with van der Waals surface area (Å²) in [6.07, 6.45) is 1.70. The number of ether oxygens (including phenoxy) is 2. The highest BCUT2D eigenvalue weighted by Gasteiger charge is 2.42. The van der Waals surface area contributed by atoms with Gasteiger partial charge in [0.05, 0.1) is 0 Å². The second-order valence-corrected chi connectivity index (χ2v) is 11.8. The van der Waals surface area contributed by atoms with Crippen LogP contribution in [0.15, 0.2) is 0 Å². The molecule has 0 spiro atoms. The summed E-state index contributed by atoms with van der Waals surface area (Å²) in [5.74, 6) is 0. The van der Waals surface area contributed by atoms with E-state index >= 15 is 0 Å². The van der Waals surface area contributed by atoms with Crippen LogP contribution in [-0.4, -0.2) is 85.0 Å². The van der Waals surface area contributed by atoms with Gasteiger partial charge >= 0.3 is 12.2 Å². The molecule has 3 rings (SSSR count). The maximum absolute atomic E-state index is 12.5. The predicted octanol–water partition coefficient (Wildman–Crippen LogP) is 3.21. The third kappa shape index (κ3) is 7.80. The van der Waals surface area contributed by atoms with Crippen molar-refractivity contribution in [1.82, 2.24) is 20.4 Å². The molecule has 8 nitrogen and oxygen atoms in total. The smallest absolute Gasteiger partial charge is 0.407 e. The molecule has 3 fully saturated rings. The monoisotopic (exact) mass is 452 g/mol. The quantitative estimate of drug-likeness (QED) is 0.523. The zero-order valence-corrected chi connectivity index (χ0v) is 21.1. The standard InChI is InChI=1S/C24H44N4O4/c1-16-10-27(16)12-18(3)31-21(29)25-15-24(7)9-20(8-23(5,6)14-24)26-22(30)32-19(4)13-28-11-17(28)2/h16-20H,8-15H2,1-7H3,(H,25,29)(H,26,30). The molecule has 8 atom stereocenters. The van der Waals surface area contributed by atoms with Crippen molar-refractivity contribution in [2.45, 2.75) is 98.1 Å². The van der Waals surface area contributed by atoms with Crippen LogP contribution in [0.5, 0.6) is 0 Å². The Balaban J connectivity index is 1.44. The highest BCUT2D eigenvalue weighted by Crippen LogP contribution is 2.45. The number of hydrogen-bond donors (Lipinski definition) is 2. The molecule has 2 heterocycles. The van der Waals surface area contributed by atoms with Crippen LogP contribution in [-0.2, 0) is 9.47 Å². The molecule has 1 saturated carbocycles. The Labute approximate surface area is 193 Å². The molecular weight excluding hydrogens is 408 g/mol. The molecule has 2 saturated heterocycles. The van der Waals surface area contributed by atoms with Crippen molar-refractivity contribution >= 4 is 12.2 Å². The summed E-state index contributed by atoms with van der Waals surface area (Å²) in [7, 11) is 0. The number of hydrogen-bond acceptors (Lipinski definition) is 6. The van der Waals surface area contributed by atoms with Gasteiger partial charge in [0.2, 0.25) is 0 Å². The Kier molecular flexibility index (Phi) is 7.65. The van der Waals surface area contributed by atoms with E-state index in [2.05, 4.69) is 55.1 Å². The molecule has 0 bridgehead atoms. The summed E-state index contributed by atoms with van der Waals surface area (Å²) in [4.78, 5) is 29.4. The molecule has 184 valence electrons. The van der Waals surface area contributed by atoms with Gasteiger partial charge in [-0.3, -0.25) is 9.80 Å². The zero-order valence-electron chi connectivity index (χ0n) is 21.1. The Morgan fingerprint density at radius 2 is 1.44 bits per heavy atom. The van der Waals surface area contributed by atoms with Crippen LogP contribution in [0.3, 0.4) is 0 Å². The lowest BCUT2D eigenvalue weighted by atomic mass is 9.62. The molecule has 8 heteroatoms. The molecule has 2 N–H and O–H groups in total. The van der Waals surface area contributed by atoms with E-state index in [1.807, 2.05) is 13.8 Å².